The van der Waals surface area contributed by atoms with Crippen LogP contribution in [0.25, 0.3) is 11.3 Å². The molecule has 0 atom stereocenters. The van der Waals surface area contributed by atoms with Gasteiger partial charge in [-0.1, -0.05) is 51.9 Å². The quantitative estimate of drug-likeness (QED) is 0.327. The molecule has 37 heavy (non-hydrogen) atoms. The minimum Gasteiger partial charge on any atom is -0.487 e. The molecule has 0 unspecified atom stereocenters. The molecule has 0 bridgehead atoms. The van der Waals surface area contributed by atoms with E-state index in [1.54, 1.807) is 12.1 Å². The van der Waals surface area contributed by atoms with Crippen LogP contribution in [0.2, 0.25) is 0 Å². The molecular weight excluding hydrogens is 475 g/mol. The molecular formula is C29H35FN2O5. The predicted octanol–water partition coefficient (Wildman–Crippen LogP) is 6.63. The zero-order valence-electron chi connectivity index (χ0n) is 22.1. The number of aliphatic carboxylic acids is 1. The number of aromatic nitrogens is 2. The zero-order chi connectivity index (χ0) is 26.8. The van der Waals surface area contributed by atoms with Crippen molar-refractivity contribution < 1.29 is 28.3 Å². The highest BCUT2D eigenvalue weighted by Gasteiger charge is 2.48. The second kappa shape index (κ2) is 10.5. The molecule has 3 aromatic rings. The normalized spacial score (nSPS) is 16.6. The average Bonchev–Trinajstić information content (AvgIpc) is 3.32. The molecule has 0 amide bonds. The van der Waals surface area contributed by atoms with Gasteiger partial charge in [-0.3, -0.25) is 9.78 Å². The van der Waals surface area contributed by atoms with Crippen LogP contribution in [0.1, 0.15) is 70.8 Å². The highest BCUT2D eigenvalue weighted by molar-refractivity contribution is 5.67. The van der Waals surface area contributed by atoms with Crippen molar-refractivity contribution in [3.8, 4) is 22.8 Å². The van der Waals surface area contributed by atoms with Crippen LogP contribution >= 0.6 is 0 Å². The lowest BCUT2D eigenvalue weighted by atomic mass is 9.71. The molecule has 1 aliphatic carbocycles. The molecule has 8 heteroatoms. The summed E-state index contributed by atoms with van der Waals surface area (Å²) in [5.74, 6) is -0.177. The van der Waals surface area contributed by atoms with Crippen LogP contribution in [0.3, 0.4) is 0 Å². The summed E-state index contributed by atoms with van der Waals surface area (Å²) in [5.41, 5.74) is 2.42. The van der Waals surface area contributed by atoms with Crippen molar-refractivity contribution in [2.24, 2.45) is 10.8 Å². The summed E-state index contributed by atoms with van der Waals surface area (Å²) in [6, 6.07) is 8.95. The first kappa shape index (κ1) is 26.6. The molecule has 1 aromatic carbocycles. The fraction of sp³-hybridized carbons (Fsp3) is 0.483. The van der Waals surface area contributed by atoms with Crippen LogP contribution < -0.4 is 9.47 Å². The number of ether oxygens (including phenoxy) is 2. The van der Waals surface area contributed by atoms with Gasteiger partial charge in [-0.25, -0.2) is 4.39 Å². The van der Waals surface area contributed by atoms with Crippen molar-refractivity contribution in [2.45, 2.75) is 79.4 Å². The first-order valence-corrected chi connectivity index (χ1v) is 12.7. The second-order valence-corrected chi connectivity index (χ2v) is 11.0. The molecule has 1 saturated carbocycles. The van der Waals surface area contributed by atoms with Gasteiger partial charge in [0.05, 0.1) is 11.8 Å². The number of nitrogens with zero attached hydrogens (tertiary/aromatic N) is 2. The summed E-state index contributed by atoms with van der Waals surface area (Å²) in [7, 11) is 0. The largest absolute Gasteiger partial charge is 0.487 e. The number of carboxylic acids is 1. The van der Waals surface area contributed by atoms with Crippen LogP contribution in [0, 0.1) is 16.6 Å². The smallest absolute Gasteiger partial charge is 0.303 e. The Labute approximate surface area is 217 Å². The van der Waals surface area contributed by atoms with Gasteiger partial charge in [0.15, 0.2) is 17.3 Å². The maximum absolute atomic E-state index is 14.9. The summed E-state index contributed by atoms with van der Waals surface area (Å²) in [6.45, 7) is 11.0. The fourth-order valence-electron chi connectivity index (χ4n) is 4.76. The average molecular weight is 511 g/mol. The Balaban J connectivity index is 1.63. The van der Waals surface area contributed by atoms with Crippen molar-refractivity contribution in [2.75, 3.05) is 0 Å². The highest BCUT2D eigenvalue weighted by atomic mass is 19.1. The minimum atomic E-state index is -0.851. The van der Waals surface area contributed by atoms with Gasteiger partial charge in [0.2, 0.25) is 5.76 Å². The lowest BCUT2D eigenvalue weighted by Gasteiger charge is -2.33. The Bertz CT molecular complexity index is 1250. The maximum Gasteiger partial charge on any atom is 0.303 e. The van der Waals surface area contributed by atoms with Gasteiger partial charge >= 0.3 is 5.97 Å². The lowest BCUT2D eigenvalue weighted by Crippen LogP contribution is -2.25. The zero-order valence-corrected chi connectivity index (χ0v) is 22.1. The van der Waals surface area contributed by atoms with E-state index in [9.17, 15) is 9.18 Å². The van der Waals surface area contributed by atoms with Crippen molar-refractivity contribution in [1.29, 1.82) is 0 Å². The standard InChI is InChI=1S/C29H35FN2O5/c1-6-19-13-22(23(30)16-31-19)26-27(36-21-14-28(2,3)29(4,5)15-21)24(32-37-26)17-35-20-9-7-8-18(12-20)10-11-25(33)34/h7-9,12-13,16,21H,6,10-11,14-15,17H2,1-5H3,(H,33,34). The van der Waals surface area contributed by atoms with Crippen molar-refractivity contribution in [3.05, 3.63) is 59.3 Å². The van der Waals surface area contributed by atoms with Gasteiger partial charge in [-0.15, -0.1) is 0 Å². The lowest BCUT2D eigenvalue weighted by molar-refractivity contribution is -0.136. The summed E-state index contributed by atoms with van der Waals surface area (Å²) in [4.78, 5) is 15.0. The van der Waals surface area contributed by atoms with E-state index in [0.29, 0.717) is 30.0 Å². The Hall–Kier alpha value is -3.42. The number of aryl methyl sites for hydroxylation is 2. The fourth-order valence-corrected chi connectivity index (χ4v) is 4.76. The molecule has 1 aliphatic rings. The van der Waals surface area contributed by atoms with Crippen LogP contribution in [0.5, 0.6) is 11.5 Å². The highest BCUT2D eigenvalue weighted by Crippen LogP contribution is 2.53. The van der Waals surface area contributed by atoms with E-state index in [1.807, 2.05) is 25.1 Å². The molecule has 1 fully saturated rings. The SMILES string of the molecule is CCc1cc(-c2onc(COc3cccc(CCC(=O)O)c3)c2OC2CC(C)(C)C(C)(C)C2)c(F)cn1. The third kappa shape index (κ3) is 5.95. The number of halogens is 1. The Morgan fingerprint density at radius 2 is 1.92 bits per heavy atom. The molecule has 198 valence electrons. The molecule has 2 heterocycles. The van der Waals surface area contributed by atoms with Crippen LogP contribution in [-0.2, 0) is 24.2 Å². The summed E-state index contributed by atoms with van der Waals surface area (Å²) >= 11 is 0. The summed E-state index contributed by atoms with van der Waals surface area (Å²) < 4.78 is 33.1. The number of rotatable bonds is 10. The van der Waals surface area contributed by atoms with Crippen LogP contribution in [0.15, 0.2) is 41.1 Å². The Kier molecular flexibility index (Phi) is 7.57. The van der Waals surface area contributed by atoms with Crippen molar-refractivity contribution in [3.63, 3.8) is 0 Å². The number of benzene rings is 1. The van der Waals surface area contributed by atoms with Crippen molar-refractivity contribution in [1.82, 2.24) is 10.1 Å². The second-order valence-electron chi connectivity index (χ2n) is 11.0. The van der Waals surface area contributed by atoms with E-state index in [1.165, 1.54) is 6.20 Å². The summed E-state index contributed by atoms with van der Waals surface area (Å²) in [6.07, 6.45) is 3.89. The number of carbonyl (C=O) groups is 1. The topological polar surface area (TPSA) is 94.7 Å². The molecule has 0 saturated heterocycles. The van der Waals surface area contributed by atoms with Gasteiger partial charge in [0.25, 0.3) is 0 Å². The monoisotopic (exact) mass is 510 g/mol. The Morgan fingerprint density at radius 1 is 1.19 bits per heavy atom. The van der Waals surface area contributed by atoms with Crippen molar-refractivity contribution >= 4 is 5.97 Å². The maximum atomic E-state index is 14.9. The van der Waals surface area contributed by atoms with Gasteiger partial charge < -0.3 is 19.1 Å². The summed E-state index contributed by atoms with van der Waals surface area (Å²) in [5, 5.41) is 13.2. The van der Waals surface area contributed by atoms with Crippen LogP contribution in [0.4, 0.5) is 4.39 Å². The number of pyridine rings is 1. The van der Waals surface area contributed by atoms with Gasteiger partial charge in [-0.05, 0) is 60.3 Å². The Morgan fingerprint density at radius 3 is 2.59 bits per heavy atom. The van der Waals surface area contributed by atoms with E-state index in [4.69, 9.17) is 19.1 Å². The number of hydrogen-bond donors (Lipinski definition) is 1. The molecule has 0 aliphatic heterocycles. The van der Waals surface area contributed by atoms with E-state index < -0.39 is 11.8 Å². The number of carboxylic acid groups (broad SMARTS) is 1. The van der Waals surface area contributed by atoms with Crippen LogP contribution in [-0.4, -0.2) is 27.3 Å². The molecule has 7 nitrogen and oxygen atoms in total. The third-order valence-electron chi connectivity index (χ3n) is 7.73. The molecule has 0 radical (unpaired) electrons. The first-order valence-electron chi connectivity index (χ1n) is 12.7. The minimum absolute atomic E-state index is 0.0411. The first-order chi connectivity index (χ1) is 17.5. The molecule has 4 rings (SSSR count). The van der Waals surface area contributed by atoms with E-state index >= 15 is 0 Å². The number of hydrogen-bond acceptors (Lipinski definition) is 6. The van der Waals surface area contributed by atoms with Gasteiger partial charge in [-0.2, -0.15) is 0 Å². The van der Waals surface area contributed by atoms with E-state index in [-0.39, 0.29) is 41.3 Å². The predicted molar refractivity (Wildman–Crippen MR) is 137 cm³/mol. The molecule has 0 spiro atoms. The van der Waals surface area contributed by atoms with E-state index in [0.717, 1.165) is 24.1 Å². The molecule has 1 N–H and O–H groups in total. The third-order valence-corrected chi connectivity index (χ3v) is 7.73. The van der Waals surface area contributed by atoms with E-state index in [2.05, 4.69) is 37.8 Å². The van der Waals surface area contributed by atoms with Gasteiger partial charge in [0, 0.05) is 12.1 Å². The van der Waals surface area contributed by atoms with Gasteiger partial charge in [0.1, 0.15) is 18.5 Å². The molecule has 2 aromatic heterocycles.